The van der Waals surface area contributed by atoms with Crippen LogP contribution in [0.3, 0.4) is 0 Å². The minimum absolute atomic E-state index is 0.00977. The van der Waals surface area contributed by atoms with Crippen molar-refractivity contribution in [3.8, 4) is 6.07 Å². The number of nitrogens with zero attached hydrogens (tertiary/aromatic N) is 2. The fourth-order valence-corrected chi connectivity index (χ4v) is 1.15. The molecule has 0 fully saturated rings. The summed E-state index contributed by atoms with van der Waals surface area (Å²) in [4.78, 5) is 13.2. The summed E-state index contributed by atoms with van der Waals surface area (Å²) in [5, 5.41) is 11.3. The summed E-state index contributed by atoms with van der Waals surface area (Å²) in [5.74, 6) is 0.00977. The SMILES string of the molecule is CCCNC(=O)CN(CC#N)CCC. The van der Waals surface area contributed by atoms with E-state index in [0.717, 1.165) is 19.4 Å². The molecular formula is C10H19N3O. The molecular weight excluding hydrogens is 178 g/mol. The van der Waals surface area contributed by atoms with Crippen LogP contribution in [0, 0.1) is 11.3 Å². The Morgan fingerprint density at radius 3 is 2.64 bits per heavy atom. The summed E-state index contributed by atoms with van der Waals surface area (Å²) in [7, 11) is 0. The third-order valence-corrected chi connectivity index (χ3v) is 1.77. The van der Waals surface area contributed by atoms with E-state index in [1.807, 2.05) is 18.7 Å². The number of nitrogens with one attached hydrogen (secondary N) is 1. The van der Waals surface area contributed by atoms with Crippen molar-refractivity contribution in [1.82, 2.24) is 10.2 Å². The molecule has 0 aliphatic heterocycles. The van der Waals surface area contributed by atoms with E-state index >= 15 is 0 Å². The number of rotatable bonds is 7. The molecule has 4 nitrogen and oxygen atoms in total. The summed E-state index contributed by atoms with van der Waals surface area (Å²) in [5.41, 5.74) is 0. The number of carbonyl (C=O) groups is 1. The van der Waals surface area contributed by atoms with Gasteiger partial charge in [-0.2, -0.15) is 5.26 Å². The molecule has 0 aliphatic rings. The molecule has 0 saturated carbocycles. The van der Waals surface area contributed by atoms with Gasteiger partial charge < -0.3 is 5.32 Å². The van der Waals surface area contributed by atoms with E-state index < -0.39 is 0 Å². The lowest BCUT2D eigenvalue weighted by Gasteiger charge is -2.17. The third kappa shape index (κ3) is 6.44. The molecule has 80 valence electrons. The van der Waals surface area contributed by atoms with Crippen LogP contribution in [0.1, 0.15) is 26.7 Å². The Labute approximate surface area is 85.9 Å². The minimum atomic E-state index is 0.00977. The Morgan fingerprint density at radius 2 is 2.14 bits per heavy atom. The maximum Gasteiger partial charge on any atom is 0.234 e. The number of carbonyl (C=O) groups excluding carboxylic acids is 1. The molecule has 0 unspecified atom stereocenters. The van der Waals surface area contributed by atoms with Crippen molar-refractivity contribution < 1.29 is 4.79 Å². The molecule has 1 N–H and O–H groups in total. The largest absolute Gasteiger partial charge is 0.355 e. The average molecular weight is 197 g/mol. The van der Waals surface area contributed by atoms with Gasteiger partial charge in [0.25, 0.3) is 0 Å². The Balaban J connectivity index is 3.78. The number of nitriles is 1. The van der Waals surface area contributed by atoms with Gasteiger partial charge in [0.1, 0.15) is 0 Å². The van der Waals surface area contributed by atoms with Crippen molar-refractivity contribution >= 4 is 5.91 Å². The molecule has 0 bridgehead atoms. The quantitative estimate of drug-likeness (QED) is 0.613. The van der Waals surface area contributed by atoms with E-state index in [-0.39, 0.29) is 5.91 Å². The van der Waals surface area contributed by atoms with Crippen LogP contribution < -0.4 is 5.32 Å². The van der Waals surface area contributed by atoms with Gasteiger partial charge in [-0.25, -0.2) is 0 Å². The van der Waals surface area contributed by atoms with Crippen LogP contribution in [0.5, 0.6) is 0 Å². The molecule has 0 aromatic carbocycles. The van der Waals surface area contributed by atoms with Crippen molar-refractivity contribution in [3.05, 3.63) is 0 Å². The first kappa shape index (κ1) is 12.9. The molecule has 1 amide bonds. The molecule has 4 heteroatoms. The summed E-state index contributed by atoms with van der Waals surface area (Å²) in [6.07, 6.45) is 1.90. The van der Waals surface area contributed by atoms with E-state index in [4.69, 9.17) is 5.26 Å². The number of hydrogen-bond donors (Lipinski definition) is 1. The van der Waals surface area contributed by atoms with Gasteiger partial charge in [0.2, 0.25) is 5.91 Å². The highest BCUT2D eigenvalue weighted by molar-refractivity contribution is 5.77. The maximum absolute atomic E-state index is 11.3. The van der Waals surface area contributed by atoms with Crippen LogP contribution in [0.25, 0.3) is 0 Å². The lowest BCUT2D eigenvalue weighted by atomic mass is 10.4. The highest BCUT2D eigenvalue weighted by Gasteiger charge is 2.08. The van der Waals surface area contributed by atoms with Crippen molar-refractivity contribution in [2.75, 3.05) is 26.2 Å². The average Bonchev–Trinajstić information content (AvgIpc) is 2.15. The van der Waals surface area contributed by atoms with Gasteiger partial charge in [-0.05, 0) is 19.4 Å². The molecule has 0 saturated heterocycles. The van der Waals surface area contributed by atoms with Gasteiger partial charge in [-0.3, -0.25) is 9.69 Å². The smallest absolute Gasteiger partial charge is 0.234 e. The van der Waals surface area contributed by atoms with Gasteiger partial charge in [0.05, 0.1) is 19.2 Å². The van der Waals surface area contributed by atoms with Crippen molar-refractivity contribution in [3.63, 3.8) is 0 Å². The van der Waals surface area contributed by atoms with Crippen LogP contribution in [0.15, 0.2) is 0 Å². The highest BCUT2D eigenvalue weighted by Crippen LogP contribution is 1.90. The van der Waals surface area contributed by atoms with Gasteiger partial charge in [-0.1, -0.05) is 13.8 Å². The first-order chi connectivity index (χ1) is 6.74. The van der Waals surface area contributed by atoms with Gasteiger partial charge in [0.15, 0.2) is 0 Å². The van der Waals surface area contributed by atoms with Crippen molar-refractivity contribution in [2.45, 2.75) is 26.7 Å². The van der Waals surface area contributed by atoms with E-state index in [0.29, 0.717) is 19.6 Å². The van der Waals surface area contributed by atoms with E-state index in [1.54, 1.807) is 0 Å². The predicted molar refractivity (Wildman–Crippen MR) is 55.6 cm³/mol. The molecule has 0 heterocycles. The van der Waals surface area contributed by atoms with E-state index in [2.05, 4.69) is 11.4 Å². The lowest BCUT2D eigenvalue weighted by Crippen LogP contribution is -2.38. The molecule has 14 heavy (non-hydrogen) atoms. The van der Waals surface area contributed by atoms with Crippen molar-refractivity contribution in [1.29, 1.82) is 5.26 Å². The lowest BCUT2D eigenvalue weighted by molar-refractivity contribution is -0.122. The Kier molecular flexibility index (Phi) is 7.86. The zero-order chi connectivity index (χ0) is 10.8. The first-order valence-electron chi connectivity index (χ1n) is 5.10. The Morgan fingerprint density at radius 1 is 1.43 bits per heavy atom. The summed E-state index contributed by atoms with van der Waals surface area (Å²) in [6.45, 7) is 6.22. The monoisotopic (exact) mass is 197 g/mol. The Bertz CT molecular complexity index is 198. The molecule has 0 spiro atoms. The molecule has 0 radical (unpaired) electrons. The molecule has 0 aromatic rings. The van der Waals surface area contributed by atoms with Crippen LogP contribution in [0.4, 0.5) is 0 Å². The fraction of sp³-hybridized carbons (Fsp3) is 0.800. The standard InChI is InChI=1S/C10H19N3O/c1-3-6-12-10(14)9-13(7-4-2)8-5-11/h3-4,6-9H2,1-2H3,(H,12,14). The number of hydrogen-bond acceptors (Lipinski definition) is 3. The molecule has 0 rings (SSSR count). The molecule has 0 atom stereocenters. The predicted octanol–water partition coefficient (Wildman–Crippen LogP) is 0.748. The van der Waals surface area contributed by atoms with Crippen molar-refractivity contribution in [2.24, 2.45) is 0 Å². The zero-order valence-corrected chi connectivity index (χ0v) is 9.05. The maximum atomic E-state index is 11.3. The van der Waals surface area contributed by atoms with Crippen LogP contribution >= 0.6 is 0 Å². The topological polar surface area (TPSA) is 56.1 Å². The van der Waals surface area contributed by atoms with Gasteiger partial charge in [-0.15, -0.1) is 0 Å². The van der Waals surface area contributed by atoms with E-state index in [9.17, 15) is 4.79 Å². The number of amides is 1. The summed E-state index contributed by atoms with van der Waals surface area (Å²) >= 11 is 0. The zero-order valence-electron chi connectivity index (χ0n) is 9.05. The normalized spacial score (nSPS) is 9.86. The fourth-order valence-electron chi connectivity index (χ4n) is 1.15. The second kappa shape index (κ2) is 8.52. The highest BCUT2D eigenvalue weighted by atomic mass is 16.2. The minimum Gasteiger partial charge on any atom is -0.355 e. The van der Waals surface area contributed by atoms with Crippen LogP contribution in [-0.2, 0) is 4.79 Å². The Hall–Kier alpha value is -1.08. The second-order valence-corrected chi connectivity index (χ2v) is 3.22. The van der Waals surface area contributed by atoms with Gasteiger partial charge in [0, 0.05) is 6.54 Å². The summed E-state index contributed by atoms with van der Waals surface area (Å²) in [6, 6.07) is 2.06. The molecule has 0 aromatic heterocycles. The first-order valence-corrected chi connectivity index (χ1v) is 5.10. The van der Waals surface area contributed by atoms with Crippen LogP contribution in [0.2, 0.25) is 0 Å². The molecule has 0 aliphatic carbocycles. The van der Waals surface area contributed by atoms with Crippen LogP contribution in [-0.4, -0.2) is 37.0 Å². The second-order valence-electron chi connectivity index (χ2n) is 3.22. The summed E-state index contributed by atoms with van der Waals surface area (Å²) < 4.78 is 0. The van der Waals surface area contributed by atoms with E-state index in [1.165, 1.54) is 0 Å². The van der Waals surface area contributed by atoms with Gasteiger partial charge >= 0.3 is 0 Å². The third-order valence-electron chi connectivity index (χ3n) is 1.77.